The van der Waals surface area contributed by atoms with Crippen LogP contribution in [-0.2, 0) is 0 Å². The Labute approximate surface area is 96.0 Å². The summed E-state index contributed by atoms with van der Waals surface area (Å²) in [5.41, 5.74) is 0.594. The summed E-state index contributed by atoms with van der Waals surface area (Å²) in [6.07, 6.45) is 3.55. The molecule has 0 saturated heterocycles. The van der Waals surface area contributed by atoms with Crippen molar-refractivity contribution in [3.8, 4) is 0 Å². The first-order chi connectivity index (χ1) is 6.71. The molecule has 1 unspecified atom stereocenters. The maximum absolute atomic E-state index is 9.49. The van der Waals surface area contributed by atoms with Gasteiger partial charge in [-0.2, -0.15) is 0 Å². The molecule has 0 rings (SSSR count). The zero-order valence-electron chi connectivity index (χ0n) is 10.0. The number of rotatable bonds is 4. The lowest BCUT2D eigenvalue weighted by Gasteiger charge is -2.16. The summed E-state index contributed by atoms with van der Waals surface area (Å²) in [6.45, 7) is 9.45. The Hall–Kier alpha value is -1.33. The maximum Gasteiger partial charge on any atom is 0.503 e. The second kappa shape index (κ2) is 10.2. The van der Waals surface area contributed by atoms with E-state index < -0.39 is 11.8 Å². The number of hydrogen-bond acceptors (Lipinski definition) is 2. The van der Waals surface area contributed by atoms with Gasteiger partial charge in [-0.05, 0) is 33.6 Å². The molecule has 0 aromatic heterocycles. The number of allylic oxidation sites excluding steroid dienone is 2. The molecule has 0 spiro atoms. The molecule has 5 nitrogen and oxygen atoms in total. The SMILES string of the molecule is C=CC(C)(O)CCC=C(C)C.O.O=C(O)O. The Kier molecular flexibility index (Phi) is 12.8. The highest BCUT2D eigenvalue weighted by atomic mass is 16.6. The fraction of sp³-hybridized carbons (Fsp3) is 0.545. The third kappa shape index (κ3) is 23.0. The topological polar surface area (TPSA) is 109 Å². The Balaban J connectivity index is -0.000000292. The lowest BCUT2D eigenvalue weighted by atomic mass is 10.00. The van der Waals surface area contributed by atoms with Crippen LogP contribution >= 0.6 is 0 Å². The van der Waals surface area contributed by atoms with E-state index in [0.717, 1.165) is 12.8 Å². The van der Waals surface area contributed by atoms with Crippen LogP contribution in [0.15, 0.2) is 24.3 Å². The van der Waals surface area contributed by atoms with Crippen molar-refractivity contribution >= 4 is 6.16 Å². The fourth-order valence-electron chi connectivity index (χ4n) is 0.755. The molecule has 0 amide bonds. The molecule has 96 valence electrons. The number of carboxylic acid groups (broad SMARTS) is 2. The van der Waals surface area contributed by atoms with Gasteiger partial charge in [-0.15, -0.1) is 6.58 Å². The van der Waals surface area contributed by atoms with Crippen molar-refractivity contribution in [3.63, 3.8) is 0 Å². The van der Waals surface area contributed by atoms with Gasteiger partial charge in [0, 0.05) is 0 Å². The molecule has 0 aromatic rings. The minimum Gasteiger partial charge on any atom is -0.450 e. The number of hydrogen-bond donors (Lipinski definition) is 3. The monoisotopic (exact) mass is 234 g/mol. The Morgan fingerprint density at radius 1 is 1.38 bits per heavy atom. The van der Waals surface area contributed by atoms with Gasteiger partial charge >= 0.3 is 6.16 Å². The molecule has 0 aliphatic heterocycles. The second-order valence-electron chi connectivity index (χ2n) is 3.66. The Morgan fingerprint density at radius 2 is 1.75 bits per heavy atom. The van der Waals surface area contributed by atoms with Crippen LogP contribution in [0.1, 0.15) is 33.6 Å². The van der Waals surface area contributed by atoms with E-state index >= 15 is 0 Å². The normalized spacial score (nSPS) is 12.0. The van der Waals surface area contributed by atoms with E-state index in [-0.39, 0.29) is 5.48 Å². The van der Waals surface area contributed by atoms with Gasteiger partial charge in [0.2, 0.25) is 0 Å². The molecular weight excluding hydrogens is 212 g/mol. The summed E-state index contributed by atoms with van der Waals surface area (Å²) >= 11 is 0. The smallest absolute Gasteiger partial charge is 0.450 e. The van der Waals surface area contributed by atoms with E-state index in [0.29, 0.717) is 0 Å². The quantitative estimate of drug-likeness (QED) is 0.647. The molecule has 0 radical (unpaired) electrons. The van der Waals surface area contributed by atoms with Gasteiger partial charge in [-0.25, -0.2) is 4.79 Å². The molecule has 1 atom stereocenters. The van der Waals surface area contributed by atoms with E-state index in [1.54, 1.807) is 13.0 Å². The van der Waals surface area contributed by atoms with E-state index in [1.165, 1.54) is 5.57 Å². The van der Waals surface area contributed by atoms with Crippen molar-refractivity contribution < 1.29 is 25.6 Å². The third-order valence-corrected chi connectivity index (χ3v) is 1.64. The van der Waals surface area contributed by atoms with Crippen LogP contribution in [-0.4, -0.2) is 32.6 Å². The predicted octanol–water partition coefficient (Wildman–Crippen LogP) is 2.07. The molecule has 5 heteroatoms. The van der Waals surface area contributed by atoms with Gasteiger partial charge in [-0.1, -0.05) is 17.7 Å². The first-order valence-corrected chi connectivity index (χ1v) is 4.62. The molecule has 0 aliphatic rings. The van der Waals surface area contributed by atoms with Gasteiger partial charge in [0.1, 0.15) is 0 Å². The minimum atomic E-state index is -1.83. The average Bonchev–Trinajstić information content (AvgIpc) is 2.02. The van der Waals surface area contributed by atoms with E-state index in [1.807, 2.05) is 0 Å². The van der Waals surface area contributed by atoms with Crippen LogP contribution < -0.4 is 0 Å². The van der Waals surface area contributed by atoms with E-state index in [2.05, 4.69) is 26.5 Å². The highest BCUT2D eigenvalue weighted by Gasteiger charge is 2.12. The lowest BCUT2D eigenvalue weighted by Crippen LogP contribution is -2.19. The van der Waals surface area contributed by atoms with E-state index in [9.17, 15) is 5.11 Å². The van der Waals surface area contributed by atoms with Gasteiger partial charge < -0.3 is 20.8 Å². The number of carbonyl (C=O) groups is 1. The van der Waals surface area contributed by atoms with Crippen molar-refractivity contribution in [3.05, 3.63) is 24.3 Å². The molecule has 5 N–H and O–H groups in total. The largest absolute Gasteiger partial charge is 0.503 e. The zero-order chi connectivity index (χ0) is 12.5. The molecule has 0 aromatic carbocycles. The lowest BCUT2D eigenvalue weighted by molar-refractivity contribution is 0.103. The van der Waals surface area contributed by atoms with Crippen molar-refractivity contribution in [2.45, 2.75) is 39.2 Å². The molecule has 0 fully saturated rings. The highest BCUT2D eigenvalue weighted by molar-refractivity contribution is 5.53. The molecule has 0 bridgehead atoms. The van der Waals surface area contributed by atoms with Crippen LogP contribution in [0, 0.1) is 0 Å². The van der Waals surface area contributed by atoms with Crippen LogP contribution in [0.4, 0.5) is 4.79 Å². The summed E-state index contributed by atoms with van der Waals surface area (Å²) in [5, 5.41) is 23.4. The molecule has 0 aliphatic carbocycles. The molecule has 16 heavy (non-hydrogen) atoms. The zero-order valence-corrected chi connectivity index (χ0v) is 10.0. The van der Waals surface area contributed by atoms with Crippen LogP contribution in [0.5, 0.6) is 0 Å². The van der Waals surface area contributed by atoms with Crippen LogP contribution in [0.25, 0.3) is 0 Å². The minimum absolute atomic E-state index is 0. The van der Waals surface area contributed by atoms with E-state index in [4.69, 9.17) is 15.0 Å². The van der Waals surface area contributed by atoms with Crippen LogP contribution in [0.3, 0.4) is 0 Å². The standard InChI is InChI=1S/C10H18O.CH2O3.H2O/c1-5-10(4,11)8-6-7-9(2)3;2-1(3)4;/h5,7,11H,1,6,8H2,2-4H3;(H2,2,3,4);1H2. The Bertz CT molecular complexity index is 223. The average molecular weight is 234 g/mol. The van der Waals surface area contributed by atoms with Crippen molar-refractivity contribution in [1.29, 1.82) is 0 Å². The summed E-state index contributed by atoms with van der Waals surface area (Å²) < 4.78 is 0. The van der Waals surface area contributed by atoms with Gasteiger partial charge in [0.25, 0.3) is 0 Å². The van der Waals surface area contributed by atoms with Gasteiger partial charge in [-0.3, -0.25) is 0 Å². The summed E-state index contributed by atoms with van der Waals surface area (Å²) in [6, 6.07) is 0. The summed E-state index contributed by atoms with van der Waals surface area (Å²) in [5.74, 6) is 0. The maximum atomic E-state index is 9.49. The van der Waals surface area contributed by atoms with Crippen molar-refractivity contribution in [2.24, 2.45) is 0 Å². The first-order valence-electron chi connectivity index (χ1n) is 4.62. The highest BCUT2D eigenvalue weighted by Crippen LogP contribution is 2.13. The molecule has 0 heterocycles. The molecular formula is C11H22O5. The Morgan fingerprint density at radius 3 is 2.00 bits per heavy atom. The van der Waals surface area contributed by atoms with Crippen LogP contribution in [0.2, 0.25) is 0 Å². The summed E-state index contributed by atoms with van der Waals surface area (Å²) in [4.78, 5) is 8.56. The van der Waals surface area contributed by atoms with Crippen molar-refractivity contribution in [1.82, 2.24) is 0 Å². The molecule has 0 saturated carbocycles. The summed E-state index contributed by atoms with van der Waals surface area (Å²) in [7, 11) is 0. The van der Waals surface area contributed by atoms with Gasteiger partial charge in [0.05, 0.1) is 5.60 Å². The second-order valence-corrected chi connectivity index (χ2v) is 3.66. The van der Waals surface area contributed by atoms with Gasteiger partial charge in [0.15, 0.2) is 0 Å². The fourth-order valence-corrected chi connectivity index (χ4v) is 0.755. The predicted molar refractivity (Wildman–Crippen MR) is 63.8 cm³/mol. The van der Waals surface area contributed by atoms with Crippen molar-refractivity contribution in [2.75, 3.05) is 0 Å². The first kappa shape index (κ1) is 20.1. The number of aliphatic hydroxyl groups is 1. The third-order valence-electron chi connectivity index (χ3n) is 1.64.